The molecule has 0 aromatic carbocycles. The lowest BCUT2D eigenvalue weighted by molar-refractivity contribution is 0.427. The average Bonchev–Trinajstić information content (AvgIpc) is 2.00. The second-order valence-electron chi connectivity index (χ2n) is 5.33. The van der Waals surface area contributed by atoms with Gasteiger partial charge >= 0.3 is 0 Å². The van der Waals surface area contributed by atoms with E-state index in [2.05, 4.69) is 33.8 Å². The summed E-state index contributed by atoms with van der Waals surface area (Å²) in [4.78, 5) is 0. The smallest absolute Gasteiger partial charge is 0.0521 e. The summed E-state index contributed by atoms with van der Waals surface area (Å²) in [5.74, 6) is 2.28. The Kier molecular flexibility index (Phi) is 4.50. The monoisotopic (exact) mass is 214 g/mol. The lowest BCUT2D eigenvalue weighted by Crippen LogP contribution is -2.16. The van der Waals surface area contributed by atoms with Crippen LogP contribution in [0.2, 0.25) is 0 Å². The van der Waals surface area contributed by atoms with Crippen molar-refractivity contribution in [3.63, 3.8) is 0 Å². The van der Waals surface area contributed by atoms with E-state index < -0.39 is 0 Å². The second-order valence-corrected chi connectivity index (χ2v) is 5.89. The summed E-state index contributed by atoms with van der Waals surface area (Å²) in [5, 5.41) is 0.281. The van der Waals surface area contributed by atoms with E-state index in [1.807, 2.05) is 0 Å². The van der Waals surface area contributed by atoms with Crippen LogP contribution < -0.4 is 0 Å². The van der Waals surface area contributed by atoms with Crippen LogP contribution in [0.25, 0.3) is 0 Å². The third-order valence-electron chi connectivity index (χ3n) is 3.06. The molecule has 1 rings (SSSR count). The molecule has 0 fully saturated rings. The fraction of sp³-hybridized carbons (Fsp3) is 0.846. The number of allylic oxidation sites excluding steroid dienone is 2. The molecule has 0 aliphatic heterocycles. The zero-order valence-corrected chi connectivity index (χ0v) is 10.6. The zero-order chi connectivity index (χ0) is 10.7. The Morgan fingerprint density at radius 1 is 1.43 bits per heavy atom. The first-order chi connectivity index (χ1) is 6.49. The van der Waals surface area contributed by atoms with Crippen LogP contribution >= 0.6 is 11.6 Å². The van der Waals surface area contributed by atoms with Gasteiger partial charge in [-0.3, -0.25) is 0 Å². The highest BCUT2D eigenvalue weighted by Gasteiger charge is 2.21. The van der Waals surface area contributed by atoms with Gasteiger partial charge in [0.1, 0.15) is 0 Å². The number of alkyl halides is 1. The summed E-state index contributed by atoms with van der Waals surface area (Å²) < 4.78 is 0. The Labute approximate surface area is 93.7 Å². The average molecular weight is 215 g/mol. The molecule has 14 heavy (non-hydrogen) atoms. The molecule has 82 valence electrons. The molecule has 0 N–H and O–H groups in total. The van der Waals surface area contributed by atoms with Crippen molar-refractivity contribution < 1.29 is 0 Å². The van der Waals surface area contributed by atoms with Crippen molar-refractivity contribution in [1.82, 2.24) is 0 Å². The van der Waals surface area contributed by atoms with Gasteiger partial charge < -0.3 is 0 Å². The predicted molar refractivity (Wildman–Crippen MR) is 64.7 cm³/mol. The SMILES string of the molecule is CC(C)CC(C)C1=CC(Cl)CC(C)C1. The van der Waals surface area contributed by atoms with Crippen molar-refractivity contribution in [2.45, 2.75) is 52.3 Å². The van der Waals surface area contributed by atoms with Crippen molar-refractivity contribution in [3.8, 4) is 0 Å². The highest BCUT2D eigenvalue weighted by Crippen LogP contribution is 2.33. The molecule has 1 aliphatic rings. The first-order valence-electron chi connectivity index (χ1n) is 5.83. The third kappa shape index (κ3) is 3.65. The Hall–Kier alpha value is 0.0300. The molecule has 0 aromatic heterocycles. The van der Waals surface area contributed by atoms with Gasteiger partial charge in [0.15, 0.2) is 0 Å². The van der Waals surface area contributed by atoms with E-state index in [-0.39, 0.29) is 5.38 Å². The molecular formula is C13H23Cl. The summed E-state index contributed by atoms with van der Waals surface area (Å²) in [6, 6.07) is 0. The molecule has 0 nitrogen and oxygen atoms in total. The van der Waals surface area contributed by atoms with E-state index in [0.717, 1.165) is 24.2 Å². The number of halogens is 1. The van der Waals surface area contributed by atoms with Crippen LogP contribution in [0, 0.1) is 17.8 Å². The summed E-state index contributed by atoms with van der Waals surface area (Å²) >= 11 is 6.21. The molecule has 0 bridgehead atoms. The van der Waals surface area contributed by atoms with Crippen molar-refractivity contribution in [2.24, 2.45) is 17.8 Å². The maximum Gasteiger partial charge on any atom is 0.0521 e. The van der Waals surface area contributed by atoms with Gasteiger partial charge in [-0.25, -0.2) is 0 Å². The topological polar surface area (TPSA) is 0 Å². The molecular weight excluding hydrogens is 192 g/mol. The van der Waals surface area contributed by atoms with Crippen molar-refractivity contribution >= 4 is 11.6 Å². The van der Waals surface area contributed by atoms with Crippen LogP contribution in [-0.4, -0.2) is 5.38 Å². The summed E-state index contributed by atoms with van der Waals surface area (Å²) in [7, 11) is 0. The molecule has 3 atom stereocenters. The van der Waals surface area contributed by atoms with Crippen molar-refractivity contribution in [1.29, 1.82) is 0 Å². The van der Waals surface area contributed by atoms with Crippen LogP contribution in [-0.2, 0) is 0 Å². The maximum absolute atomic E-state index is 6.21. The Bertz CT molecular complexity index is 205. The van der Waals surface area contributed by atoms with E-state index in [4.69, 9.17) is 11.6 Å². The zero-order valence-electron chi connectivity index (χ0n) is 9.89. The molecule has 1 heteroatoms. The Balaban J connectivity index is 2.57. The van der Waals surface area contributed by atoms with Crippen molar-refractivity contribution in [2.75, 3.05) is 0 Å². The Morgan fingerprint density at radius 2 is 2.07 bits per heavy atom. The van der Waals surface area contributed by atoms with Gasteiger partial charge in [-0.1, -0.05) is 39.3 Å². The van der Waals surface area contributed by atoms with Gasteiger partial charge in [0.05, 0.1) is 5.38 Å². The molecule has 0 saturated heterocycles. The number of hydrogen-bond donors (Lipinski definition) is 0. The first-order valence-corrected chi connectivity index (χ1v) is 6.27. The standard InChI is InChI=1S/C13H23Cl/c1-9(2)5-11(4)12-6-10(3)7-13(14)8-12/h8-11,13H,5-7H2,1-4H3. The largest absolute Gasteiger partial charge is 0.118 e. The predicted octanol–water partition coefficient (Wildman–Crippen LogP) is 4.63. The van der Waals surface area contributed by atoms with Gasteiger partial charge in [0.25, 0.3) is 0 Å². The molecule has 1 aliphatic carbocycles. The molecule has 0 spiro atoms. The lowest BCUT2D eigenvalue weighted by Gasteiger charge is -2.27. The number of hydrogen-bond acceptors (Lipinski definition) is 0. The highest BCUT2D eigenvalue weighted by atomic mass is 35.5. The summed E-state index contributed by atoms with van der Waals surface area (Å²) in [5.41, 5.74) is 1.59. The van der Waals surface area contributed by atoms with Crippen LogP contribution in [0.5, 0.6) is 0 Å². The first kappa shape index (κ1) is 12.1. The lowest BCUT2D eigenvalue weighted by atomic mass is 9.81. The third-order valence-corrected chi connectivity index (χ3v) is 3.37. The molecule has 0 radical (unpaired) electrons. The van der Waals surface area contributed by atoms with Crippen LogP contribution in [0.15, 0.2) is 11.6 Å². The molecule has 0 saturated carbocycles. The summed E-state index contributed by atoms with van der Waals surface area (Å²) in [6.07, 6.45) is 6.01. The molecule has 0 aromatic rings. The second kappa shape index (κ2) is 5.21. The quantitative estimate of drug-likeness (QED) is 0.475. The van der Waals surface area contributed by atoms with Crippen LogP contribution in [0.1, 0.15) is 47.0 Å². The van der Waals surface area contributed by atoms with E-state index >= 15 is 0 Å². The molecule has 3 unspecified atom stereocenters. The van der Waals surface area contributed by atoms with Gasteiger partial charge in [-0.15, -0.1) is 11.6 Å². The van der Waals surface area contributed by atoms with E-state index in [9.17, 15) is 0 Å². The van der Waals surface area contributed by atoms with Gasteiger partial charge in [0.2, 0.25) is 0 Å². The normalized spacial score (nSPS) is 30.3. The minimum atomic E-state index is 0.281. The van der Waals surface area contributed by atoms with Crippen molar-refractivity contribution in [3.05, 3.63) is 11.6 Å². The maximum atomic E-state index is 6.21. The van der Waals surface area contributed by atoms with E-state index in [1.54, 1.807) is 5.57 Å². The number of rotatable bonds is 3. The minimum Gasteiger partial charge on any atom is -0.118 e. The van der Waals surface area contributed by atoms with E-state index in [0.29, 0.717) is 0 Å². The fourth-order valence-corrected chi connectivity index (χ4v) is 2.93. The molecule has 0 amide bonds. The summed E-state index contributed by atoms with van der Waals surface area (Å²) in [6.45, 7) is 9.24. The highest BCUT2D eigenvalue weighted by molar-refractivity contribution is 6.21. The van der Waals surface area contributed by atoms with Gasteiger partial charge in [0, 0.05) is 0 Å². The Morgan fingerprint density at radius 3 is 2.57 bits per heavy atom. The molecule has 0 heterocycles. The minimum absolute atomic E-state index is 0.281. The van der Waals surface area contributed by atoms with Crippen LogP contribution in [0.4, 0.5) is 0 Å². The van der Waals surface area contributed by atoms with E-state index in [1.165, 1.54) is 12.8 Å². The fourth-order valence-electron chi connectivity index (χ4n) is 2.46. The van der Waals surface area contributed by atoms with Crippen LogP contribution in [0.3, 0.4) is 0 Å². The van der Waals surface area contributed by atoms with Gasteiger partial charge in [-0.2, -0.15) is 0 Å². The van der Waals surface area contributed by atoms with Gasteiger partial charge in [-0.05, 0) is 37.0 Å².